The summed E-state index contributed by atoms with van der Waals surface area (Å²) in [4.78, 5) is 4.54. The quantitative estimate of drug-likeness (QED) is 0.820. The number of hydrogen-bond donors (Lipinski definition) is 1. The number of ether oxygens (including phenoxy) is 1. The van der Waals surface area contributed by atoms with Crippen LogP contribution in [0.3, 0.4) is 0 Å². The second-order valence-electron chi connectivity index (χ2n) is 4.73. The summed E-state index contributed by atoms with van der Waals surface area (Å²) in [5.74, 6) is 1.39. The summed E-state index contributed by atoms with van der Waals surface area (Å²) in [7, 11) is 0. The van der Waals surface area contributed by atoms with Gasteiger partial charge >= 0.3 is 0 Å². The molecule has 1 aromatic carbocycles. The van der Waals surface area contributed by atoms with Gasteiger partial charge in [-0.25, -0.2) is 4.98 Å². The van der Waals surface area contributed by atoms with E-state index in [1.165, 1.54) is 17.7 Å². The second kappa shape index (κ2) is 4.33. The van der Waals surface area contributed by atoms with Crippen LogP contribution in [0.2, 0.25) is 0 Å². The fourth-order valence-electron chi connectivity index (χ4n) is 2.26. The summed E-state index contributed by atoms with van der Waals surface area (Å²) >= 11 is 0. The summed E-state index contributed by atoms with van der Waals surface area (Å²) in [6.45, 7) is 1.98. The van der Waals surface area contributed by atoms with Crippen molar-refractivity contribution in [2.24, 2.45) is 0 Å². The number of fused-ring (bicyclic) bond motifs is 1. The van der Waals surface area contributed by atoms with Crippen molar-refractivity contribution < 1.29 is 4.74 Å². The van der Waals surface area contributed by atoms with E-state index in [0.717, 1.165) is 29.8 Å². The van der Waals surface area contributed by atoms with Gasteiger partial charge in [0.2, 0.25) is 5.88 Å². The predicted molar refractivity (Wildman–Crippen MR) is 71.9 cm³/mol. The van der Waals surface area contributed by atoms with Crippen LogP contribution in [-0.4, -0.2) is 4.98 Å². The Balaban J connectivity index is 1.85. The van der Waals surface area contributed by atoms with Crippen LogP contribution < -0.4 is 10.5 Å². The van der Waals surface area contributed by atoms with Crippen molar-refractivity contribution in [2.45, 2.75) is 26.2 Å². The molecule has 0 atom stereocenters. The van der Waals surface area contributed by atoms with Crippen molar-refractivity contribution in [3.05, 3.63) is 47.2 Å². The number of nitrogen functional groups attached to an aromatic ring is 1. The van der Waals surface area contributed by atoms with Gasteiger partial charge in [-0.2, -0.15) is 0 Å². The van der Waals surface area contributed by atoms with E-state index in [9.17, 15) is 0 Å². The third kappa shape index (κ3) is 2.04. The SMILES string of the molecule is Cc1ccc(Oc2ccc3c(n2)CCC3)cc1N. The number of hydrogen-bond acceptors (Lipinski definition) is 3. The lowest BCUT2D eigenvalue weighted by Gasteiger charge is -2.08. The van der Waals surface area contributed by atoms with E-state index in [1.54, 1.807) is 0 Å². The van der Waals surface area contributed by atoms with Crippen molar-refractivity contribution in [1.82, 2.24) is 4.98 Å². The van der Waals surface area contributed by atoms with Crippen LogP contribution in [0.15, 0.2) is 30.3 Å². The van der Waals surface area contributed by atoms with Gasteiger partial charge in [0.15, 0.2) is 0 Å². The molecule has 3 rings (SSSR count). The zero-order valence-electron chi connectivity index (χ0n) is 10.4. The highest BCUT2D eigenvalue weighted by atomic mass is 16.5. The molecule has 0 aliphatic heterocycles. The first-order valence-corrected chi connectivity index (χ1v) is 6.25. The molecule has 1 aliphatic rings. The molecule has 2 aromatic rings. The number of pyridine rings is 1. The van der Waals surface area contributed by atoms with E-state index in [1.807, 2.05) is 31.2 Å². The molecule has 1 aliphatic carbocycles. The highest BCUT2D eigenvalue weighted by molar-refractivity contribution is 5.51. The number of benzene rings is 1. The molecule has 18 heavy (non-hydrogen) atoms. The lowest BCUT2D eigenvalue weighted by atomic mass is 10.2. The average Bonchev–Trinajstić information content (AvgIpc) is 2.81. The number of anilines is 1. The normalized spacial score (nSPS) is 13.4. The third-order valence-corrected chi connectivity index (χ3v) is 3.38. The fraction of sp³-hybridized carbons (Fsp3) is 0.267. The average molecular weight is 240 g/mol. The van der Waals surface area contributed by atoms with Crippen LogP contribution in [0.5, 0.6) is 11.6 Å². The largest absolute Gasteiger partial charge is 0.439 e. The topological polar surface area (TPSA) is 48.1 Å². The zero-order valence-corrected chi connectivity index (χ0v) is 10.4. The number of aryl methyl sites for hydroxylation is 3. The Morgan fingerprint density at radius 1 is 1.17 bits per heavy atom. The molecule has 0 radical (unpaired) electrons. The van der Waals surface area contributed by atoms with Crippen LogP contribution in [0.25, 0.3) is 0 Å². The van der Waals surface area contributed by atoms with Crippen molar-refractivity contribution in [2.75, 3.05) is 5.73 Å². The number of aromatic nitrogens is 1. The summed E-state index contributed by atoms with van der Waals surface area (Å²) in [6.07, 6.45) is 3.39. The van der Waals surface area contributed by atoms with E-state index in [4.69, 9.17) is 10.5 Å². The molecular weight excluding hydrogens is 224 g/mol. The number of nitrogens with zero attached hydrogens (tertiary/aromatic N) is 1. The van der Waals surface area contributed by atoms with Crippen LogP contribution in [0.4, 0.5) is 5.69 Å². The molecule has 0 spiro atoms. The smallest absolute Gasteiger partial charge is 0.219 e. The lowest BCUT2D eigenvalue weighted by Crippen LogP contribution is -1.94. The van der Waals surface area contributed by atoms with Crippen LogP contribution in [0.1, 0.15) is 23.2 Å². The minimum Gasteiger partial charge on any atom is -0.439 e. The molecule has 2 N–H and O–H groups in total. The standard InChI is InChI=1S/C15H16N2O/c1-10-5-7-12(9-13(10)16)18-15-8-6-11-3-2-4-14(11)17-15/h5-9H,2-4,16H2,1H3. The van der Waals surface area contributed by atoms with Gasteiger partial charge in [0.25, 0.3) is 0 Å². The maximum Gasteiger partial charge on any atom is 0.219 e. The van der Waals surface area contributed by atoms with Crippen molar-refractivity contribution in [1.29, 1.82) is 0 Å². The maximum atomic E-state index is 5.86. The molecule has 92 valence electrons. The van der Waals surface area contributed by atoms with Crippen molar-refractivity contribution >= 4 is 5.69 Å². The zero-order chi connectivity index (χ0) is 12.5. The van der Waals surface area contributed by atoms with Gasteiger partial charge in [-0.3, -0.25) is 0 Å². The van der Waals surface area contributed by atoms with E-state index < -0.39 is 0 Å². The van der Waals surface area contributed by atoms with E-state index in [-0.39, 0.29) is 0 Å². The second-order valence-corrected chi connectivity index (χ2v) is 4.73. The molecule has 0 bridgehead atoms. The van der Waals surface area contributed by atoms with Gasteiger partial charge < -0.3 is 10.5 Å². The van der Waals surface area contributed by atoms with Crippen molar-refractivity contribution in [3.8, 4) is 11.6 Å². The van der Waals surface area contributed by atoms with E-state index in [2.05, 4.69) is 11.1 Å². The first kappa shape index (κ1) is 11.1. The molecule has 3 heteroatoms. The van der Waals surface area contributed by atoms with Gasteiger partial charge in [0.05, 0.1) is 0 Å². The molecule has 3 nitrogen and oxygen atoms in total. The molecule has 0 unspecified atom stereocenters. The number of rotatable bonds is 2. The summed E-state index contributed by atoms with van der Waals surface area (Å²) in [5, 5.41) is 0. The Kier molecular flexibility index (Phi) is 2.67. The summed E-state index contributed by atoms with van der Waals surface area (Å²) in [5.41, 5.74) is 10.2. The minimum atomic E-state index is 0.652. The molecule has 0 saturated heterocycles. The van der Waals surface area contributed by atoms with Gasteiger partial charge in [-0.1, -0.05) is 12.1 Å². The molecule has 1 heterocycles. The minimum absolute atomic E-state index is 0.652. The third-order valence-electron chi connectivity index (χ3n) is 3.38. The Bertz CT molecular complexity index is 593. The van der Waals surface area contributed by atoms with Gasteiger partial charge in [-0.15, -0.1) is 0 Å². The molecule has 1 aromatic heterocycles. The molecular formula is C15H16N2O. The van der Waals surface area contributed by atoms with E-state index >= 15 is 0 Å². The molecule has 0 fully saturated rings. The van der Waals surface area contributed by atoms with Crippen LogP contribution in [-0.2, 0) is 12.8 Å². The Morgan fingerprint density at radius 2 is 2.06 bits per heavy atom. The first-order valence-electron chi connectivity index (χ1n) is 6.25. The Hall–Kier alpha value is -2.03. The predicted octanol–water partition coefficient (Wildman–Crippen LogP) is 3.25. The summed E-state index contributed by atoms with van der Waals surface area (Å²) in [6, 6.07) is 9.76. The van der Waals surface area contributed by atoms with Gasteiger partial charge in [0.1, 0.15) is 5.75 Å². The number of nitrogens with two attached hydrogens (primary N) is 1. The first-order chi connectivity index (χ1) is 8.72. The monoisotopic (exact) mass is 240 g/mol. The lowest BCUT2D eigenvalue weighted by molar-refractivity contribution is 0.461. The highest BCUT2D eigenvalue weighted by Gasteiger charge is 2.13. The molecule has 0 amide bonds. The van der Waals surface area contributed by atoms with Crippen molar-refractivity contribution in [3.63, 3.8) is 0 Å². The highest BCUT2D eigenvalue weighted by Crippen LogP contribution is 2.27. The Morgan fingerprint density at radius 3 is 2.89 bits per heavy atom. The fourth-order valence-corrected chi connectivity index (χ4v) is 2.26. The van der Waals surface area contributed by atoms with Crippen LogP contribution in [0, 0.1) is 6.92 Å². The Labute approximate surface area is 107 Å². The van der Waals surface area contributed by atoms with Gasteiger partial charge in [0, 0.05) is 23.5 Å². The summed E-state index contributed by atoms with van der Waals surface area (Å²) < 4.78 is 5.75. The maximum absolute atomic E-state index is 5.86. The molecule has 0 saturated carbocycles. The van der Waals surface area contributed by atoms with Gasteiger partial charge in [-0.05, 0) is 43.4 Å². The van der Waals surface area contributed by atoms with E-state index in [0.29, 0.717) is 5.88 Å². The van der Waals surface area contributed by atoms with Crippen LogP contribution >= 0.6 is 0 Å².